The number of carbonyl (C=O) groups is 1. The zero-order chi connectivity index (χ0) is 17.6. The molecule has 2 aromatic rings. The maximum atomic E-state index is 12.1. The molecule has 1 heterocycles. The SMILES string of the molecule is O=C(Cc1cccc([N+](=O)[O-])c1)Nc1ccc(C2CCCCC2)nn1. The number of hydrogen-bond donors (Lipinski definition) is 1. The van der Waals surface area contributed by atoms with Gasteiger partial charge in [0.2, 0.25) is 5.91 Å². The number of nitro benzene ring substituents is 1. The van der Waals surface area contributed by atoms with Gasteiger partial charge in [-0.1, -0.05) is 31.4 Å². The highest BCUT2D eigenvalue weighted by molar-refractivity contribution is 5.91. The van der Waals surface area contributed by atoms with Gasteiger partial charge in [-0.25, -0.2) is 0 Å². The van der Waals surface area contributed by atoms with Crippen molar-refractivity contribution < 1.29 is 9.72 Å². The molecule has 0 spiro atoms. The minimum absolute atomic E-state index is 0.0260. The van der Waals surface area contributed by atoms with Crippen LogP contribution in [0.2, 0.25) is 0 Å². The Hall–Kier alpha value is -2.83. The van der Waals surface area contributed by atoms with Crippen molar-refractivity contribution in [2.75, 3.05) is 5.32 Å². The standard InChI is InChI=1S/C18H20N4O3/c23-18(12-13-5-4-8-15(11-13)22(24)25)19-17-10-9-16(20-21-17)14-6-2-1-3-7-14/h4-5,8-11,14H,1-3,6-7,12H2,(H,19,21,23). The molecule has 25 heavy (non-hydrogen) atoms. The molecule has 1 saturated carbocycles. The highest BCUT2D eigenvalue weighted by Crippen LogP contribution is 2.31. The van der Waals surface area contributed by atoms with Crippen LogP contribution in [0.3, 0.4) is 0 Å². The summed E-state index contributed by atoms with van der Waals surface area (Å²) in [5.41, 5.74) is 1.54. The van der Waals surface area contributed by atoms with Crippen LogP contribution in [0, 0.1) is 10.1 Å². The van der Waals surface area contributed by atoms with E-state index in [1.165, 1.54) is 31.4 Å². The quantitative estimate of drug-likeness (QED) is 0.662. The molecule has 0 aliphatic heterocycles. The Kier molecular flexibility index (Phi) is 5.33. The Bertz CT molecular complexity index is 755. The molecule has 1 amide bonds. The maximum Gasteiger partial charge on any atom is 0.269 e. The number of non-ortho nitro benzene ring substituents is 1. The van der Waals surface area contributed by atoms with Crippen LogP contribution in [0.15, 0.2) is 36.4 Å². The number of aromatic nitrogens is 2. The average Bonchev–Trinajstić information content (AvgIpc) is 2.63. The van der Waals surface area contributed by atoms with Crippen molar-refractivity contribution in [2.24, 2.45) is 0 Å². The lowest BCUT2D eigenvalue weighted by Crippen LogP contribution is -2.16. The van der Waals surface area contributed by atoms with Crippen LogP contribution in [-0.4, -0.2) is 21.0 Å². The molecule has 7 heteroatoms. The zero-order valence-corrected chi connectivity index (χ0v) is 13.9. The summed E-state index contributed by atoms with van der Waals surface area (Å²) in [4.78, 5) is 22.4. The van der Waals surface area contributed by atoms with Gasteiger partial charge in [-0.2, -0.15) is 5.10 Å². The summed E-state index contributed by atoms with van der Waals surface area (Å²) >= 11 is 0. The molecule has 1 aliphatic carbocycles. The van der Waals surface area contributed by atoms with Gasteiger partial charge in [0.25, 0.3) is 5.69 Å². The molecule has 0 atom stereocenters. The fourth-order valence-electron chi connectivity index (χ4n) is 3.18. The van der Waals surface area contributed by atoms with E-state index in [0.29, 0.717) is 17.3 Å². The molecule has 130 valence electrons. The van der Waals surface area contributed by atoms with E-state index >= 15 is 0 Å². The van der Waals surface area contributed by atoms with E-state index in [4.69, 9.17) is 0 Å². The monoisotopic (exact) mass is 340 g/mol. The minimum Gasteiger partial charge on any atom is -0.309 e. The van der Waals surface area contributed by atoms with Gasteiger partial charge >= 0.3 is 0 Å². The van der Waals surface area contributed by atoms with E-state index in [-0.39, 0.29) is 18.0 Å². The lowest BCUT2D eigenvalue weighted by molar-refractivity contribution is -0.384. The summed E-state index contributed by atoms with van der Waals surface area (Å²) in [6.45, 7) is 0. The molecule has 1 N–H and O–H groups in total. The molecule has 0 saturated heterocycles. The third-order valence-electron chi connectivity index (χ3n) is 4.46. The molecule has 7 nitrogen and oxygen atoms in total. The van der Waals surface area contributed by atoms with Crippen molar-refractivity contribution in [1.82, 2.24) is 10.2 Å². The Morgan fingerprint density at radius 2 is 1.96 bits per heavy atom. The second-order valence-electron chi connectivity index (χ2n) is 6.33. The van der Waals surface area contributed by atoms with E-state index in [0.717, 1.165) is 18.5 Å². The zero-order valence-electron chi connectivity index (χ0n) is 13.9. The molecule has 1 fully saturated rings. The predicted octanol–water partition coefficient (Wildman–Crippen LogP) is 3.61. The first-order valence-corrected chi connectivity index (χ1v) is 8.48. The van der Waals surface area contributed by atoms with Gasteiger partial charge in [0.15, 0.2) is 5.82 Å². The fraction of sp³-hybridized carbons (Fsp3) is 0.389. The van der Waals surface area contributed by atoms with Crippen LogP contribution >= 0.6 is 0 Å². The number of hydrogen-bond acceptors (Lipinski definition) is 5. The van der Waals surface area contributed by atoms with Crippen molar-refractivity contribution >= 4 is 17.4 Å². The Labute approximate surface area is 145 Å². The van der Waals surface area contributed by atoms with Crippen molar-refractivity contribution in [2.45, 2.75) is 44.4 Å². The first kappa shape index (κ1) is 17.0. The molecule has 1 aliphatic rings. The smallest absolute Gasteiger partial charge is 0.269 e. The fourth-order valence-corrected chi connectivity index (χ4v) is 3.18. The van der Waals surface area contributed by atoms with Crippen LogP contribution in [-0.2, 0) is 11.2 Å². The van der Waals surface area contributed by atoms with Crippen molar-refractivity contribution in [3.63, 3.8) is 0 Å². The number of nitrogens with one attached hydrogen (secondary N) is 1. The summed E-state index contributed by atoms with van der Waals surface area (Å²) in [6, 6.07) is 9.74. The van der Waals surface area contributed by atoms with Crippen molar-refractivity contribution in [3.8, 4) is 0 Å². The van der Waals surface area contributed by atoms with Gasteiger partial charge in [-0.15, -0.1) is 5.10 Å². The highest BCUT2D eigenvalue weighted by Gasteiger charge is 2.17. The summed E-state index contributed by atoms with van der Waals surface area (Å²) in [5.74, 6) is 0.589. The number of nitro groups is 1. The number of anilines is 1. The summed E-state index contributed by atoms with van der Waals surface area (Å²) in [5, 5.41) is 21.8. The van der Waals surface area contributed by atoms with Gasteiger partial charge in [-0.3, -0.25) is 14.9 Å². The highest BCUT2D eigenvalue weighted by atomic mass is 16.6. The molecule has 1 aromatic carbocycles. The third-order valence-corrected chi connectivity index (χ3v) is 4.46. The molecule has 0 bridgehead atoms. The van der Waals surface area contributed by atoms with Crippen molar-refractivity contribution in [1.29, 1.82) is 0 Å². The first-order chi connectivity index (χ1) is 12.1. The number of carbonyl (C=O) groups excluding carboxylic acids is 1. The normalized spacial score (nSPS) is 14.9. The molecular formula is C18H20N4O3. The van der Waals surface area contributed by atoms with E-state index in [1.807, 2.05) is 6.07 Å². The summed E-state index contributed by atoms with van der Waals surface area (Å²) in [6.07, 6.45) is 6.09. The van der Waals surface area contributed by atoms with Crippen LogP contribution in [0.5, 0.6) is 0 Å². The first-order valence-electron chi connectivity index (χ1n) is 8.48. The minimum atomic E-state index is -0.475. The predicted molar refractivity (Wildman–Crippen MR) is 93.3 cm³/mol. The Balaban J connectivity index is 1.59. The summed E-state index contributed by atoms with van der Waals surface area (Å²) in [7, 11) is 0. The molecular weight excluding hydrogens is 320 g/mol. The van der Waals surface area contributed by atoms with Gasteiger partial charge in [-0.05, 0) is 30.5 Å². The third kappa shape index (κ3) is 4.59. The largest absolute Gasteiger partial charge is 0.309 e. The van der Waals surface area contributed by atoms with Gasteiger partial charge < -0.3 is 5.32 Å². The second-order valence-corrected chi connectivity index (χ2v) is 6.33. The molecule has 3 rings (SSSR count). The number of amides is 1. The molecule has 1 aromatic heterocycles. The van der Waals surface area contributed by atoms with Gasteiger partial charge in [0.1, 0.15) is 0 Å². The van der Waals surface area contributed by atoms with Gasteiger partial charge in [0, 0.05) is 18.1 Å². The maximum absolute atomic E-state index is 12.1. The number of nitrogens with zero attached hydrogens (tertiary/aromatic N) is 3. The van der Waals surface area contributed by atoms with E-state index < -0.39 is 4.92 Å². The number of rotatable bonds is 5. The van der Waals surface area contributed by atoms with E-state index in [1.54, 1.807) is 18.2 Å². The summed E-state index contributed by atoms with van der Waals surface area (Å²) < 4.78 is 0. The Morgan fingerprint density at radius 3 is 2.64 bits per heavy atom. The van der Waals surface area contributed by atoms with Crippen LogP contribution in [0.25, 0.3) is 0 Å². The molecule has 0 radical (unpaired) electrons. The van der Waals surface area contributed by atoms with Crippen LogP contribution in [0.1, 0.15) is 49.3 Å². The lowest BCUT2D eigenvalue weighted by Gasteiger charge is -2.20. The van der Waals surface area contributed by atoms with Crippen LogP contribution < -0.4 is 5.32 Å². The van der Waals surface area contributed by atoms with Crippen LogP contribution in [0.4, 0.5) is 11.5 Å². The lowest BCUT2D eigenvalue weighted by atomic mass is 9.87. The van der Waals surface area contributed by atoms with E-state index in [9.17, 15) is 14.9 Å². The number of benzene rings is 1. The van der Waals surface area contributed by atoms with E-state index in [2.05, 4.69) is 15.5 Å². The molecule has 0 unspecified atom stereocenters. The topological polar surface area (TPSA) is 98.0 Å². The van der Waals surface area contributed by atoms with Crippen molar-refractivity contribution in [3.05, 3.63) is 57.8 Å². The Morgan fingerprint density at radius 1 is 1.16 bits per heavy atom. The van der Waals surface area contributed by atoms with Gasteiger partial charge in [0.05, 0.1) is 17.0 Å². The average molecular weight is 340 g/mol. The second kappa shape index (κ2) is 7.83.